The van der Waals surface area contributed by atoms with Crippen molar-refractivity contribution in [3.8, 4) is 10.6 Å². The summed E-state index contributed by atoms with van der Waals surface area (Å²) in [7, 11) is 0. The Kier molecular flexibility index (Phi) is 4.37. The molecule has 1 aliphatic heterocycles. The molecule has 3 aromatic rings. The summed E-state index contributed by atoms with van der Waals surface area (Å²) >= 11 is 3.00. The molecule has 2 amide bonds. The highest BCUT2D eigenvalue weighted by molar-refractivity contribution is 7.16. The van der Waals surface area contributed by atoms with Crippen LogP contribution in [-0.2, 0) is 16.1 Å². The van der Waals surface area contributed by atoms with Crippen LogP contribution in [0, 0.1) is 5.92 Å². The van der Waals surface area contributed by atoms with E-state index < -0.39 is 0 Å². The standard InChI is InChI=1S/C17H15N3O3S2/c21-15-7-11(8-20(15)9-12-3-1-5-23-12)16(22)19-17-18-13(10-25-17)14-4-2-6-24-14/h1-6,10-11H,7-9H2,(H,18,19,22)/t11-/m1/s1. The number of carbonyl (C=O) groups excluding carboxylic acids is 2. The van der Waals surface area contributed by atoms with Crippen LogP contribution in [0.1, 0.15) is 12.2 Å². The van der Waals surface area contributed by atoms with E-state index in [2.05, 4.69) is 10.3 Å². The maximum atomic E-state index is 12.5. The average molecular weight is 373 g/mol. The summed E-state index contributed by atoms with van der Waals surface area (Å²) in [6, 6.07) is 7.57. The third kappa shape index (κ3) is 3.49. The third-order valence-electron chi connectivity index (χ3n) is 4.02. The highest BCUT2D eigenvalue weighted by atomic mass is 32.1. The van der Waals surface area contributed by atoms with Crippen molar-refractivity contribution in [1.82, 2.24) is 9.88 Å². The van der Waals surface area contributed by atoms with Gasteiger partial charge in [0.1, 0.15) is 5.76 Å². The molecule has 0 aromatic carbocycles. The Morgan fingerprint density at radius 3 is 3.04 bits per heavy atom. The van der Waals surface area contributed by atoms with E-state index in [1.165, 1.54) is 11.3 Å². The number of nitrogens with zero attached hydrogens (tertiary/aromatic N) is 2. The fourth-order valence-corrected chi connectivity index (χ4v) is 4.24. The Morgan fingerprint density at radius 2 is 2.28 bits per heavy atom. The lowest BCUT2D eigenvalue weighted by Gasteiger charge is -2.14. The van der Waals surface area contributed by atoms with Crippen LogP contribution in [0.3, 0.4) is 0 Å². The number of amides is 2. The molecule has 1 saturated heterocycles. The molecular weight excluding hydrogens is 358 g/mol. The zero-order valence-corrected chi connectivity index (χ0v) is 14.8. The fraction of sp³-hybridized carbons (Fsp3) is 0.235. The van der Waals surface area contributed by atoms with E-state index in [9.17, 15) is 9.59 Å². The van der Waals surface area contributed by atoms with Gasteiger partial charge in [0, 0.05) is 18.3 Å². The quantitative estimate of drug-likeness (QED) is 0.743. The average Bonchev–Trinajstić information content (AvgIpc) is 3.35. The van der Waals surface area contributed by atoms with Gasteiger partial charge in [-0.1, -0.05) is 6.07 Å². The van der Waals surface area contributed by atoms with Gasteiger partial charge in [-0.25, -0.2) is 4.98 Å². The van der Waals surface area contributed by atoms with Crippen molar-refractivity contribution in [2.24, 2.45) is 5.92 Å². The van der Waals surface area contributed by atoms with Gasteiger partial charge in [0.2, 0.25) is 11.8 Å². The number of thiazole rings is 1. The van der Waals surface area contributed by atoms with E-state index in [1.807, 2.05) is 29.0 Å². The molecule has 25 heavy (non-hydrogen) atoms. The molecule has 0 radical (unpaired) electrons. The molecule has 128 valence electrons. The van der Waals surface area contributed by atoms with Crippen LogP contribution >= 0.6 is 22.7 Å². The number of anilines is 1. The summed E-state index contributed by atoms with van der Waals surface area (Å²) in [6.45, 7) is 0.796. The molecular formula is C17H15N3O3S2. The largest absolute Gasteiger partial charge is 0.467 e. The number of furan rings is 1. The van der Waals surface area contributed by atoms with Crippen molar-refractivity contribution in [2.75, 3.05) is 11.9 Å². The first-order valence-electron chi connectivity index (χ1n) is 7.79. The molecule has 6 nitrogen and oxygen atoms in total. The molecule has 8 heteroatoms. The minimum atomic E-state index is -0.364. The molecule has 0 unspecified atom stereocenters. The molecule has 1 fully saturated rings. The summed E-state index contributed by atoms with van der Waals surface area (Å²) in [5, 5.41) is 7.31. The first kappa shape index (κ1) is 16.0. The zero-order chi connectivity index (χ0) is 17.2. The van der Waals surface area contributed by atoms with Crippen LogP contribution < -0.4 is 5.32 Å². The Hall–Kier alpha value is -2.45. The van der Waals surface area contributed by atoms with Gasteiger partial charge < -0.3 is 14.6 Å². The summed E-state index contributed by atoms with van der Waals surface area (Å²) in [4.78, 5) is 31.7. The number of carbonyl (C=O) groups is 2. The maximum absolute atomic E-state index is 12.5. The second-order valence-corrected chi connectivity index (χ2v) is 7.56. The van der Waals surface area contributed by atoms with Crippen molar-refractivity contribution in [1.29, 1.82) is 0 Å². The number of nitrogens with one attached hydrogen (secondary N) is 1. The Labute approximate surface area is 152 Å². The van der Waals surface area contributed by atoms with Crippen LogP contribution in [0.2, 0.25) is 0 Å². The molecule has 0 aliphatic carbocycles. The van der Waals surface area contributed by atoms with E-state index >= 15 is 0 Å². The number of thiophene rings is 1. The van der Waals surface area contributed by atoms with Crippen LogP contribution in [0.4, 0.5) is 5.13 Å². The second kappa shape index (κ2) is 6.81. The lowest BCUT2D eigenvalue weighted by molar-refractivity contribution is -0.128. The molecule has 1 atom stereocenters. The van der Waals surface area contributed by atoms with Gasteiger partial charge in [0.15, 0.2) is 5.13 Å². The van der Waals surface area contributed by atoms with Crippen molar-refractivity contribution in [2.45, 2.75) is 13.0 Å². The molecule has 3 aromatic heterocycles. The Bertz CT molecular complexity index is 871. The first-order chi connectivity index (χ1) is 12.2. The fourth-order valence-electron chi connectivity index (χ4n) is 2.77. The smallest absolute Gasteiger partial charge is 0.231 e. The normalized spacial score (nSPS) is 17.2. The molecule has 0 bridgehead atoms. The van der Waals surface area contributed by atoms with E-state index in [0.29, 0.717) is 18.2 Å². The van der Waals surface area contributed by atoms with Crippen LogP contribution in [0.25, 0.3) is 10.6 Å². The van der Waals surface area contributed by atoms with E-state index in [-0.39, 0.29) is 24.2 Å². The van der Waals surface area contributed by atoms with Crippen LogP contribution in [-0.4, -0.2) is 28.2 Å². The number of aromatic nitrogens is 1. The monoisotopic (exact) mass is 373 g/mol. The SMILES string of the molecule is O=C(Nc1nc(-c2cccs2)cs1)[C@@H]1CC(=O)N(Cc2ccco2)C1. The predicted octanol–water partition coefficient (Wildman–Crippen LogP) is 3.45. The van der Waals surface area contributed by atoms with Crippen LogP contribution in [0.5, 0.6) is 0 Å². The minimum Gasteiger partial charge on any atom is -0.467 e. The van der Waals surface area contributed by atoms with Gasteiger partial charge in [-0.05, 0) is 23.6 Å². The lowest BCUT2D eigenvalue weighted by Crippen LogP contribution is -2.27. The van der Waals surface area contributed by atoms with E-state index in [0.717, 1.165) is 16.3 Å². The topological polar surface area (TPSA) is 75.4 Å². The van der Waals surface area contributed by atoms with Gasteiger partial charge in [-0.3, -0.25) is 9.59 Å². The molecule has 1 N–H and O–H groups in total. The minimum absolute atomic E-state index is 0.0324. The molecule has 0 saturated carbocycles. The zero-order valence-electron chi connectivity index (χ0n) is 13.2. The number of hydrogen-bond donors (Lipinski definition) is 1. The summed E-state index contributed by atoms with van der Waals surface area (Å²) in [5.74, 6) is 0.156. The van der Waals surface area contributed by atoms with Crippen LogP contribution in [0.15, 0.2) is 45.7 Å². The van der Waals surface area contributed by atoms with Gasteiger partial charge in [0.25, 0.3) is 0 Å². The summed E-state index contributed by atoms with van der Waals surface area (Å²) in [6.07, 6.45) is 1.80. The molecule has 4 rings (SSSR count). The third-order valence-corrected chi connectivity index (χ3v) is 5.67. The van der Waals surface area contributed by atoms with Crippen molar-refractivity contribution in [3.63, 3.8) is 0 Å². The highest BCUT2D eigenvalue weighted by Crippen LogP contribution is 2.29. The van der Waals surface area contributed by atoms with Crippen molar-refractivity contribution >= 4 is 39.6 Å². The molecule has 0 spiro atoms. The summed E-state index contributed by atoms with van der Waals surface area (Å²) in [5.41, 5.74) is 0.859. The Balaban J connectivity index is 1.38. The lowest BCUT2D eigenvalue weighted by atomic mass is 10.1. The second-order valence-electron chi connectivity index (χ2n) is 5.76. The molecule has 4 heterocycles. The number of likely N-dealkylation sites (tertiary alicyclic amines) is 1. The van der Waals surface area contributed by atoms with E-state index in [1.54, 1.807) is 28.6 Å². The Morgan fingerprint density at radius 1 is 1.36 bits per heavy atom. The van der Waals surface area contributed by atoms with E-state index in [4.69, 9.17) is 4.42 Å². The number of hydrogen-bond acceptors (Lipinski definition) is 6. The predicted molar refractivity (Wildman–Crippen MR) is 96.3 cm³/mol. The highest BCUT2D eigenvalue weighted by Gasteiger charge is 2.35. The maximum Gasteiger partial charge on any atom is 0.231 e. The summed E-state index contributed by atoms with van der Waals surface area (Å²) < 4.78 is 5.27. The van der Waals surface area contributed by atoms with Gasteiger partial charge >= 0.3 is 0 Å². The first-order valence-corrected chi connectivity index (χ1v) is 9.55. The molecule has 1 aliphatic rings. The van der Waals surface area contributed by atoms with Crippen molar-refractivity contribution in [3.05, 3.63) is 47.0 Å². The van der Waals surface area contributed by atoms with Crippen molar-refractivity contribution < 1.29 is 14.0 Å². The van der Waals surface area contributed by atoms with Gasteiger partial charge in [0.05, 0.1) is 29.3 Å². The van der Waals surface area contributed by atoms with Gasteiger partial charge in [-0.2, -0.15) is 0 Å². The number of rotatable bonds is 5. The van der Waals surface area contributed by atoms with Gasteiger partial charge in [-0.15, -0.1) is 22.7 Å².